The van der Waals surface area contributed by atoms with Crippen molar-refractivity contribution in [3.8, 4) is 5.88 Å². The van der Waals surface area contributed by atoms with Gasteiger partial charge in [0.1, 0.15) is 6.10 Å². The van der Waals surface area contributed by atoms with Gasteiger partial charge in [0.25, 0.3) is 0 Å². The van der Waals surface area contributed by atoms with Gasteiger partial charge in [-0.15, -0.1) is 0 Å². The van der Waals surface area contributed by atoms with Crippen LogP contribution in [0.25, 0.3) is 0 Å². The first-order chi connectivity index (χ1) is 11.0. The Bertz CT molecular complexity index is 507. The number of nitrogens with two attached hydrogens (primary N) is 1. The first kappa shape index (κ1) is 17.6. The second-order valence-corrected chi connectivity index (χ2v) is 6.98. The van der Waals surface area contributed by atoms with Gasteiger partial charge in [-0.05, 0) is 49.1 Å². The number of nitrogens with zero attached hydrogens (tertiary/aromatic N) is 2. The van der Waals surface area contributed by atoms with Crippen LogP contribution in [0.15, 0.2) is 23.3 Å². The lowest BCUT2D eigenvalue weighted by Gasteiger charge is -2.26. The number of nitrogens with one attached hydrogen (secondary N) is 1. The van der Waals surface area contributed by atoms with Gasteiger partial charge < -0.3 is 15.8 Å². The summed E-state index contributed by atoms with van der Waals surface area (Å²) in [6.45, 7) is 7.96. The van der Waals surface area contributed by atoms with Gasteiger partial charge in [0.2, 0.25) is 5.88 Å². The summed E-state index contributed by atoms with van der Waals surface area (Å²) in [5.41, 5.74) is 6.93. The molecule has 1 aliphatic carbocycles. The van der Waals surface area contributed by atoms with Crippen molar-refractivity contribution in [3.63, 3.8) is 0 Å². The van der Waals surface area contributed by atoms with E-state index in [9.17, 15) is 0 Å². The second kappa shape index (κ2) is 8.75. The normalized spacial score (nSPS) is 22.2. The van der Waals surface area contributed by atoms with Gasteiger partial charge in [-0.3, -0.25) is 0 Å². The molecule has 0 bridgehead atoms. The number of rotatable bonds is 6. The molecule has 1 aromatic heterocycles. The molecule has 3 N–H and O–H groups in total. The van der Waals surface area contributed by atoms with Crippen LogP contribution < -0.4 is 15.8 Å². The predicted octanol–water partition coefficient (Wildman–Crippen LogP) is 3.10. The van der Waals surface area contributed by atoms with Gasteiger partial charge in [0.05, 0.1) is 6.54 Å². The Morgan fingerprint density at radius 2 is 2.13 bits per heavy atom. The maximum atomic E-state index is 6.02. The van der Waals surface area contributed by atoms with Gasteiger partial charge >= 0.3 is 0 Å². The average Bonchev–Trinajstić information content (AvgIpc) is 2.53. The summed E-state index contributed by atoms with van der Waals surface area (Å²) in [5.74, 6) is 2.55. The lowest BCUT2D eigenvalue weighted by atomic mass is 9.89. The van der Waals surface area contributed by atoms with Crippen molar-refractivity contribution in [2.45, 2.75) is 59.1 Å². The van der Waals surface area contributed by atoms with E-state index in [0.717, 1.165) is 30.9 Å². The summed E-state index contributed by atoms with van der Waals surface area (Å²) in [6, 6.07) is 3.92. The van der Waals surface area contributed by atoms with E-state index in [4.69, 9.17) is 10.5 Å². The number of hydrogen-bond acceptors (Lipinski definition) is 3. The average molecular weight is 318 g/mol. The van der Waals surface area contributed by atoms with Crippen molar-refractivity contribution in [3.05, 3.63) is 23.9 Å². The molecule has 1 heterocycles. The Kier molecular flexibility index (Phi) is 6.68. The molecule has 0 aliphatic heterocycles. The molecule has 128 valence electrons. The maximum Gasteiger partial charge on any atom is 0.213 e. The van der Waals surface area contributed by atoms with Crippen molar-refractivity contribution in [1.82, 2.24) is 10.3 Å². The highest BCUT2D eigenvalue weighted by atomic mass is 16.5. The highest BCUT2D eigenvalue weighted by Crippen LogP contribution is 2.26. The molecule has 1 saturated carbocycles. The van der Waals surface area contributed by atoms with Gasteiger partial charge in [-0.1, -0.05) is 20.8 Å². The quantitative estimate of drug-likeness (QED) is 0.624. The van der Waals surface area contributed by atoms with E-state index in [0.29, 0.717) is 30.4 Å². The molecular formula is C18H30N4O. The minimum absolute atomic E-state index is 0.301. The first-order valence-electron chi connectivity index (χ1n) is 8.68. The molecule has 0 aromatic carbocycles. The van der Waals surface area contributed by atoms with E-state index >= 15 is 0 Å². The van der Waals surface area contributed by atoms with Crippen LogP contribution in [0, 0.1) is 11.8 Å². The van der Waals surface area contributed by atoms with E-state index in [1.165, 1.54) is 12.8 Å². The van der Waals surface area contributed by atoms with Crippen LogP contribution in [0.1, 0.15) is 52.0 Å². The topological polar surface area (TPSA) is 72.5 Å². The summed E-state index contributed by atoms with van der Waals surface area (Å²) in [4.78, 5) is 8.69. The van der Waals surface area contributed by atoms with Crippen molar-refractivity contribution >= 4 is 5.96 Å². The second-order valence-electron chi connectivity index (χ2n) is 6.98. The van der Waals surface area contributed by atoms with Crippen LogP contribution in [0.5, 0.6) is 5.88 Å². The number of pyridine rings is 1. The molecule has 0 atom stereocenters. The van der Waals surface area contributed by atoms with Crippen molar-refractivity contribution < 1.29 is 4.74 Å². The SMILES string of the molecule is CC(C)CNC(N)=NCc1ccnc(OC2CCC(C)CC2)c1. The molecular weight excluding hydrogens is 288 g/mol. The minimum atomic E-state index is 0.301. The predicted molar refractivity (Wildman–Crippen MR) is 94.5 cm³/mol. The number of ether oxygens (including phenoxy) is 1. The monoisotopic (exact) mass is 318 g/mol. The van der Waals surface area contributed by atoms with Gasteiger partial charge in [0, 0.05) is 18.8 Å². The standard InChI is InChI=1S/C18H30N4O/c1-13(2)11-21-18(19)22-12-15-8-9-20-17(10-15)23-16-6-4-14(3)5-7-16/h8-10,13-14,16H,4-7,11-12H2,1-3H3,(H3,19,21,22). The number of aliphatic imine (C=N–C) groups is 1. The molecule has 0 spiro atoms. The summed E-state index contributed by atoms with van der Waals surface area (Å²) < 4.78 is 6.02. The molecule has 1 aliphatic rings. The zero-order valence-electron chi connectivity index (χ0n) is 14.6. The Balaban J connectivity index is 1.85. The van der Waals surface area contributed by atoms with E-state index in [-0.39, 0.29) is 0 Å². The van der Waals surface area contributed by atoms with E-state index in [1.807, 2.05) is 12.1 Å². The Morgan fingerprint density at radius 1 is 1.39 bits per heavy atom. The van der Waals surface area contributed by atoms with E-state index in [1.54, 1.807) is 6.20 Å². The van der Waals surface area contributed by atoms with Crippen LogP contribution in [0.4, 0.5) is 0 Å². The molecule has 0 unspecified atom stereocenters. The third-order valence-electron chi connectivity index (χ3n) is 4.17. The Morgan fingerprint density at radius 3 is 2.83 bits per heavy atom. The molecule has 1 aromatic rings. The number of hydrogen-bond donors (Lipinski definition) is 2. The van der Waals surface area contributed by atoms with Gasteiger partial charge in [-0.25, -0.2) is 9.98 Å². The van der Waals surface area contributed by atoms with Gasteiger partial charge in [0.15, 0.2) is 5.96 Å². The smallest absolute Gasteiger partial charge is 0.213 e. The fraction of sp³-hybridized carbons (Fsp3) is 0.667. The molecule has 5 nitrogen and oxygen atoms in total. The van der Waals surface area contributed by atoms with E-state index in [2.05, 4.69) is 36.1 Å². The fourth-order valence-electron chi connectivity index (χ4n) is 2.67. The fourth-order valence-corrected chi connectivity index (χ4v) is 2.67. The zero-order chi connectivity index (χ0) is 16.7. The van der Waals surface area contributed by atoms with Crippen molar-refractivity contribution in [2.24, 2.45) is 22.6 Å². The third kappa shape index (κ3) is 6.47. The lowest BCUT2D eigenvalue weighted by Crippen LogP contribution is -2.34. The summed E-state index contributed by atoms with van der Waals surface area (Å²) >= 11 is 0. The molecule has 0 radical (unpaired) electrons. The van der Waals surface area contributed by atoms with Gasteiger partial charge in [-0.2, -0.15) is 0 Å². The Hall–Kier alpha value is -1.78. The first-order valence-corrected chi connectivity index (χ1v) is 8.68. The number of aromatic nitrogens is 1. The lowest BCUT2D eigenvalue weighted by molar-refractivity contribution is 0.130. The molecule has 23 heavy (non-hydrogen) atoms. The van der Waals surface area contributed by atoms with Crippen molar-refractivity contribution in [2.75, 3.05) is 6.54 Å². The summed E-state index contributed by atoms with van der Waals surface area (Å²) in [5, 5.41) is 3.12. The summed E-state index contributed by atoms with van der Waals surface area (Å²) in [6.07, 6.45) is 6.81. The van der Waals surface area contributed by atoms with Crippen LogP contribution in [0.2, 0.25) is 0 Å². The van der Waals surface area contributed by atoms with Crippen molar-refractivity contribution in [1.29, 1.82) is 0 Å². The van der Waals surface area contributed by atoms with Crippen LogP contribution in [-0.4, -0.2) is 23.6 Å². The molecule has 0 saturated heterocycles. The largest absolute Gasteiger partial charge is 0.474 e. The highest BCUT2D eigenvalue weighted by molar-refractivity contribution is 5.77. The minimum Gasteiger partial charge on any atom is -0.474 e. The third-order valence-corrected chi connectivity index (χ3v) is 4.17. The highest BCUT2D eigenvalue weighted by Gasteiger charge is 2.19. The van der Waals surface area contributed by atoms with Crippen LogP contribution in [-0.2, 0) is 6.54 Å². The molecule has 1 fully saturated rings. The molecule has 5 heteroatoms. The molecule has 2 rings (SSSR count). The van der Waals surface area contributed by atoms with Crippen LogP contribution >= 0.6 is 0 Å². The van der Waals surface area contributed by atoms with Crippen LogP contribution in [0.3, 0.4) is 0 Å². The number of guanidine groups is 1. The van der Waals surface area contributed by atoms with E-state index < -0.39 is 0 Å². The maximum absolute atomic E-state index is 6.02. The molecule has 0 amide bonds. The summed E-state index contributed by atoms with van der Waals surface area (Å²) in [7, 11) is 0. The Labute approximate surface area is 139 Å². The zero-order valence-corrected chi connectivity index (χ0v) is 14.6.